The molecule has 1 heterocycles. The molecule has 1 rings (SSSR count). The minimum Gasteiger partial charge on any atom is -0.502 e. The molecule has 0 spiro atoms. The second kappa shape index (κ2) is 3.78. The van der Waals surface area contributed by atoms with E-state index in [1.165, 1.54) is 6.26 Å². The Kier molecular flexibility index (Phi) is 2.72. The highest BCUT2D eigenvalue weighted by Gasteiger charge is 2.12. The quantitative estimate of drug-likeness (QED) is 0.643. The summed E-state index contributed by atoms with van der Waals surface area (Å²) in [4.78, 5) is 11.2. The summed E-state index contributed by atoms with van der Waals surface area (Å²) in [6, 6.07) is -0.589. The Morgan fingerprint density at radius 1 is 1.69 bits per heavy atom. The number of aromatic hydroxyl groups is 1. The molecule has 0 radical (unpaired) electrons. The third-order valence-corrected chi connectivity index (χ3v) is 1.61. The Balaban J connectivity index is 3.10. The first-order valence-electron chi connectivity index (χ1n) is 3.65. The lowest BCUT2D eigenvalue weighted by Gasteiger charge is -2.05. The van der Waals surface area contributed by atoms with Gasteiger partial charge in [-0.15, -0.1) is 12.3 Å². The average Bonchev–Trinajstić information content (AvgIpc) is 2.10. The van der Waals surface area contributed by atoms with E-state index < -0.39 is 17.2 Å². The first kappa shape index (κ1) is 9.36. The van der Waals surface area contributed by atoms with Gasteiger partial charge in [0, 0.05) is 12.5 Å². The van der Waals surface area contributed by atoms with Crippen molar-refractivity contribution in [2.45, 2.75) is 12.5 Å². The largest absolute Gasteiger partial charge is 0.502 e. The average molecular weight is 179 g/mol. The van der Waals surface area contributed by atoms with Crippen LogP contribution in [0.3, 0.4) is 0 Å². The predicted molar refractivity (Wildman–Crippen MR) is 47.0 cm³/mol. The van der Waals surface area contributed by atoms with Gasteiger partial charge in [-0.2, -0.15) is 0 Å². The Labute approximate surface area is 75.0 Å². The lowest BCUT2D eigenvalue weighted by atomic mass is 10.1. The number of hydrogen-bond donors (Lipinski definition) is 2. The predicted octanol–water partition coefficient (Wildman–Crippen LogP) is 0.368. The molecule has 0 aliphatic rings. The molecule has 1 aromatic rings. The summed E-state index contributed by atoms with van der Waals surface area (Å²) in [6.45, 7) is 0. The molecule has 4 heteroatoms. The molecule has 0 aliphatic carbocycles. The van der Waals surface area contributed by atoms with Crippen LogP contribution in [-0.4, -0.2) is 5.11 Å². The number of hydrogen-bond acceptors (Lipinski definition) is 4. The highest BCUT2D eigenvalue weighted by Crippen LogP contribution is 2.11. The van der Waals surface area contributed by atoms with Crippen molar-refractivity contribution >= 4 is 0 Å². The van der Waals surface area contributed by atoms with E-state index >= 15 is 0 Å². The third kappa shape index (κ3) is 1.89. The third-order valence-electron chi connectivity index (χ3n) is 1.61. The van der Waals surface area contributed by atoms with Crippen molar-refractivity contribution in [3.05, 3.63) is 28.3 Å². The molecule has 0 bridgehead atoms. The maximum Gasteiger partial charge on any atom is 0.231 e. The van der Waals surface area contributed by atoms with E-state index in [0.717, 1.165) is 6.26 Å². The normalized spacial score (nSPS) is 12.0. The molecule has 1 aromatic heterocycles. The second-order valence-electron chi connectivity index (χ2n) is 2.56. The molecule has 0 aromatic carbocycles. The lowest BCUT2D eigenvalue weighted by molar-refractivity contribution is 0.422. The lowest BCUT2D eigenvalue weighted by Crippen LogP contribution is -2.18. The second-order valence-corrected chi connectivity index (χ2v) is 2.56. The standard InChI is InChI=1S/C9H9NO3/c1-2-3-7(10)6-4-13-5-8(11)9(6)12/h1,4-5,7,11H,3,10H2/t7-/m0/s1. The van der Waals surface area contributed by atoms with Crippen LogP contribution in [0.4, 0.5) is 0 Å². The van der Waals surface area contributed by atoms with Gasteiger partial charge in [0.15, 0.2) is 5.75 Å². The topological polar surface area (TPSA) is 76.5 Å². The fourth-order valence-electron chi connectivity index (χ4n) is 0.919. The van der Waals surface area contributed by atoms with Crippen LogP contribution in [0.2, 0.25) is 0 Å². The van der Waals surface area contributed by atoms with Crippen LogP contribution in [0, 0.1) is 12.3 Å². The summed E-state index contributed by atoms with van der Waals surface area (Å²) in [5.74, 6) is 1.87. The summed E-state index contributed by atoms with van der Waals surface area (Å²) in [6.07, 6.45) is 7.41. The van der Waals surface area contributed by atoms with Gasteiger partial charge in [0.05, 0.1) is 11.8 Å². The number of terminal acetylenes is 1. The fourth-order valence-corrected chi connectivity index (χ4v) is 0.919. The van der Waals surface area contributed by atoms with Crippen molar-refractivity contribution in [3.8, 4) is 18.1 Å². The molecule has 4 nitrogen and oxygen atoms in total. The van der Waals surface area contributed by atoms with Crippen molar-refractivity contribution in [2.24, 2.45) is 5.73 Å². The van der Waals surface area contributed by atoms with Gasteiger partial charge in [0.1, 0.15) is 6.26 Å². The van der Waals surface area contributed by atoms with Crippen molar-refractivity contribution < 1.29 is 9.52 Å². The van der Waals surface area contributed by atoms with Gasteiger partial charge in [-0.1, -0.05) is 0 Å². The van der Waals surface area contributed by atoms with Crippen molar-refractivity contribution in [1.82, 2.24) is 0 Å². The SMILES string of the molecule is C#CC[C@H](N)c1cocc(O)c1=O. The zero-order valence-electron chi connectivity index (χ0n) is 6.86. The van der Waals surface area contributed by atoms with Crippen molar-refractivity contribution in [1.29, 1.82) is 0 Å². The molecule has 0 unspecified atom stereocenters. The first-order valence-corrected chi connectivity index (χ1v) is 3.65. The Morgan fingerprint density at radius 2 is 2.38 bits per heavy atom. The smallest absolute Gasteiger partial charge is 0.231 e. The van der Waals surface area contributed by atoms with Crippen LogP contribution in [0.25, 0.3) is 0 Å². The fraction of sp³-hybridized carbons (Fsp3) is 0.222. The molecule has 0 saturated heterocycles. The van der Waals surface area contributed by atoms with Gasteiger partial charge in [-0.3, -0.25) is 4.79 Å². The number of nitrogens with two attached hydrogens (primary N) is 1. The van der Waals surface area contributed by atoms with Crippen molar-refractivity contribution in [3.63, 3.8) is 0 Å². The van der Waals surface area contributed by atoms with E-state index in [9.17, 15) is 4.79 Å². The maximum atomic E-state index is 11.2. The molecular formula is C9H9NO3. The van der Waals surface area contributed by atoms with Crippen LogP contribution in [0.15, 0.2) is 21.7 Å². The van der Waals surface area contributed by atoms with E-state index in [1.54, 1.807) is 0 Å². The van der Waals surface area contributed by atoms with Gasteiger partial charge < -0.3 is 15.3 Å². The zero-order valence-corrected chi connectivity index (χ0v) is 6.86. The van der Waals surface area contributed by atoms with Gasteiger partial charge in [-0.05, 0) is 0 Å². The van der Waals surface area contributed by atoms with Gasteiger partial charge in [0.2, 0.25) is 5.43 Å². The van der Waals surface area contributed by atoms with Crippen LogP contribution < -0.4 is 11.2 Å². The van der Waals surface area contributed by atoms with E-state index in [2.05, 4.69) is 10.3 Å². The minimum atomic E-state index is -0.589. The van der Waals surface area contributed by atoms with E-state index in [0.29, 0.717) is 0 Å². The summed E-state index contributed by atoms with van der Waals surface area (Å²) in [7, 11) is 0. The Hall–Kier alpha value is -1.73. The highest BCUT2D eigenvalue weighted by atomic mass is 16.3. The summed E-state index contributed by atoms with van der Waals surface area (Å²) >= 11 is 0. The van der Waals surface area contributed by atoms with Gasteiger partial charge in [0.25, 0.3) is 0 Å². The molecule has 0 fully saturated rings. The molecule has 0 aliphatic heterocycles. The summed E-state index contributed by atoms with van der Waals surface area (Å²) in [5.41, 5.74) is 5.22. The monoisotopic (exact) mass is 179 g/mol. The van der Waals surface area contributed by atoms with Crippen LogP contribution in [0.1, 0.15) is 18.0 Å². The molecule has 3 N–H and O–H groups in total. The molecule has 13 heavy (non-hydrogen) atoms. The Morgan fingerprint density at radius 3 is 3.00 bits per heavy atom. The molecular weight excluding hydrogens is 170 g/mol. The molecule has 1 atom stereocenters. The first-order chi connectivity index (χ1) is 6.16. The van der Waals surface area contributed by atoms with Crippen LogP contribution >= 0.6 is 0 Å². The minimum absolute atomic E-state index is 0.193. The summed E-state index contributed by atoms with van der Waals surface area (Å²) in [5, 5.41) is 9.00. The molecule has 68 valence electrons. The van der Waals surface area contributed by atoms with Gasteiger partial charge in [-0.25, -0.2) is 0 Å². The highest BCUT2D eigenvalue weighted by molar-refractivity contribution is 5.23. The van der Waals surface area contributed by atoms with E-state index in [-0.39, 0.29) is 12.0 Å². The van der Waals surface area contributed by atoms with Gasteiger partial charge >= 0.3 is 0 Å². The maximum absolute atomic E-state index is 11.2. The van der Waals surface area contributed by atoms with Crippen LogP contribution in [0.5, 0.6) is 5.75 Å². The number of rotatable bonds is 2. The molecule has 0 amide bonds. The Bertz CT molecular complexity index is 389. The zero-order chi connectivity index (χ0) is 9.84. The van der Waals surface area contributed by atoms with Crippen LogP contribution in [-0.2, 0) is 0 Å². The summed E-state index contributed by atoms with van der Waals surface area (Å²) < 4.78 is 4.69. The van der Waals surface area contributed by atoms with E-state index in [4.69, 9.17) is 17.3 Å². The molecule has 0 saturated carbocycles. The van der Waals surface area contributed by atoms with Crippen molar-refractivity contribution in [2.75, 3.05) is 0 Å². The van der Waals surface area contributed by atoms with E-state index in [1.807, 2.05) is 0 Å².